The van der Waals surface area contributed by atoms with Crippen molar-refractivity contribution < 1.29 is 12.8 Å². The van der Waals surface area contributed by atoms with Crippen molar-refractivity contribution in [1.82, 2.24) is 8.87 Å². The van der Waals surface area contributed by atoms with Gasteiger partial charge in [-0.05, 0) is 30.9 Å². The summed E-state index contributed by atoms with van der Waals surface area (Å²) in [6.07, 6.45) is 1.92. The average molecular weight is 325 g/mol. The molecule has 120 valence electrons. The average Bonchev–Trinajstić information content (AvgIpc) is 2.73. The van der Waals surface area contributed by atoms with Crippen molar-refractivity contribution in [1.29, 1.82) is 0 Å². The molecule has 1 fully saturated rings. The third-order valence-corrected chi connectivity index (χ3v) is 5.50. The molecule has 1 aliphatic rings. The van der Waals surface area contributed by atoms with Gasteiger partial charge in [-0.1, -0.05) is 6.92 Å². The van der Waals surface area contributed by atoms with Crippen molar-refractivity contribution in [2.75, 3.05) is 17.8 Å². The van der Waals surface area contributed by atoms with Gasteiger partial charge in [0.05, 0.1) is 11.2 Å². The van der Waals surface area contributed by atoms with Gasteiger partial charge in [0.15, 0.2) is 5.58 Å². The Kier molecular flexibility index (Phi) is 3.73. The van der Waals surface area contributed by atoms with Gasteiger partial charge in [-0.15, -0.1) is 0 Å². The van der Waals surface area contributed by atoms with Crippen LogP contribution < -0.4 is 10.5 Å². The quantitative estimate of drug-likeness (QED) is 0.927. The number of fused-ring (bicyclic) bond motifs is 1. The van der Waals surface area contributed by atoms with E-state index < -0.39 is 16.0 Å². The Labute approximate surface area is 128 Å². The predicted molar refractivity (Wildman–Crippen MR) is 84.0 cm³/mol. The van der Waals surface area contributed by atoms with Crippen LogP contribution >= 0.6 is 0 Å². The Morgan fingerprint density at radius 2 is 2.14 bits per heavy atom. The second-order valence-electron chi connectivity index (χ2n) is 5.82. The molecule has 1 aliphatic heterocycles. The monoisotopic (exact) mass is 325 g/mol. The molecule has 1 saturated heterocycles. The number of aryl methyl sites for hydroxylation is 1. The lowest BCUT2D eigenvalue weighted by molar-refractivity contribution is 0.282. The van der Waals surface area contributed by atoms with E-state index in [1.165, 1.54) is 14.9 Å². The third-order valence-electron chi connectivity index (χ3n) is 4.00. The van der Waals surface area contributed by atoms with Crippen LogP contribution in [0.25, 0.3) is 11.1 Å². The molecule has 0 spiro atoms. The molecule has 2 heterocycles. The van der Waals surface area contributed by atoms with Gasteiger partial charge in [-0.2, -0.15) is 12.7 Å². The van der Waals surface area contributed by atoms with Crippen molar-refractivity contribution in [3.63, 3.8) is 0 Å². The zero-order valence-corrected chi connectivity index (χ0v) is 13.4. The number of oxazole rings is 1. The van der Waals surface area contributed by atoms with E-state index in [0.717, 1.165) is 12.8 Å². The Bertz CT molecular complexity index is 853. The molecule has 22 heavy (non-hydrogen) atoms. The van der Waals surface area contributed by atoms with Gasteiger partial charge in [0.25, 0.3) is 0 Å². The first-order valence-electron chi connectivity index (χ1n) is 7.24. The first-order chi connectivity index (χ1) is 10.4. The summed E-state index contributed by atoms with van der Waals surface area (Å²) in [6, 6.07) is 4.82. The summed E-state index contributed by atoms with van der Waals surface area (Å²) in [5.74, 6) is -0.111. The lowest BCUT2D eigenvalue weighted by Crippen LogP contribution is -2.42. The van der Waals surface area contributed by atoms with Crippen molar-refractivity contribution in [2.45, 2.75) is 19.8 Å². The Balaban J connectivity index is 1.87. The molecule has 7 nitrogen and oxygen atoms in total. The van der Waals surface area contributed by atoms with Crippen LogP contribution in [0, 0.1) is 5.92 Å². The fourth-order valence-electron chi connectivity index (χ4n) is 2.78. The maximum absolute atomic E-state index is 12.4. The van der Waals surface area contributed by atoms with Crippen molar-refractivity contribution in [3.8, 4) is 0 Å². The van der Waals surface area contributed by atoms with E-state index in [-0.39, 0.29) is 0 Å². The summed E-state index contributed by atoms with van der Waals surface area (Å²) < 4.78 is 35.3. The molecule has 1 atom stereocenters. The molecule has 0 saturated carbocycles. The lowest BCUT2D eigenvalue weighted by Gasteiger charge is -2.30. The molecule has 0 amide bonds. The van der Waals surface area contributed by atoms with Crippen molar-refractivity contribution in [3.05, 3.63) is 28.7 Å². The number of piperidine rings is 1. The maximum atomic E-state index is 12.4. The Morgan fingerprint density at radius 1 is 1.36 bits per heavy atom. The van der Waals surface area contributed by atoms with Gasteiger partial charge < -0.3 is 4.42 Å². The number of nitrogens with one attached hydrogen (secondary N) is 1. The molecule has 0 radical (unpaired) electrons. The second-order valence-corrected chi connectivity index (χ2v) is 7.49. The highest BCUT2D eigenvalue weighted by atomic mass is 32.2. The second kappa shape index (κ2) is 5.44. The Morgan fingerprint density at radius 3 is 2.86 bits per heavy atom. The summed E-state index contributed by atoms with van der Waals surface area (Å²) in [5, 5.41) is 0. The molecule has 3 rings (SSSR count). The largest absolute Gasteiger partial charge is 0.419 e. The highest BCUT2D eigenvalue weighted by molar-refractivity contribution is 7.90. The number of benzene rings is 1. The first-order valence-corrected chi connectivity index (χ1v) is 8.68. The first kappa shape index (κ1) is 15.1. The van der Waals surface area contributed by atoms with Crippen LogP contribution in [0.4, 0.5) is 5.69 Å². The number of anilines is 1. The van der Waals surface area contributed by atoms with E-state index in [2.05, 4.69) is 4.72 Å². The van der Waals surface area contributed by atoms with Crippen LogP contribution in [0.5, 0.6) is 0 Å². The zero-order chi connectivity index (χ0) is 15.9. The van der Waals surface area contributed by atoms with E-state index in [4.69, 9.17) is 4.42 Å². The number of hydrogen-bond donors (Lipinski definition) is 1. The molecule has 0 aliphatic carbocycles. The van der Waals surface area contributed by atoms with Gasteiger partial charge in [-0.3, -0.25) is 9.29 Å². The molecular weight excluding hydrogens is 306 g/mol. The maximum Gasteiger partial charge on any atom is 0.419 e. The summed E-state index contributed by atoms with van der Waals surface area (Å²) in [4.78, 5) is 11.5. The van der Waals surface area contributed by atoms with Crippen LogP contribution in [0.2, 0.25) is 0 Å². The summed E-state index contributed by atoms with van der Waals surface area (Å²) in [5.41, 5.74) is 1.37. The summed E-state index contributed by atoms with van der Waals surface area (Å²) in [7, 11) is -1.98. The normalized spacial score (nSPS) is 20.4. The highest BCUT2D eigenvalue weighted by Crippen LogP contribution is 2.22. The van der Waals surface area contributed by atoms with Gasteiger partial charge in [0.2, 0.25) is 0 Å². The molecule has 8 heteroatoms. The van der Waals surface area contributed by atoms with Crippen LogP contribution in [0.1, 0.15) is 19.8 Å². The SMILES string of the molecule is C[C@H]1CCCN(S(=O)(=O)Nc2ccc3c(c2)oc(=O)n3C)C1. The smallest absolute Gasteiger partial charge is 0.408 e. The third kappa shape index (κ3) is 2.76. The number of hydrogen-bond acceptors (Lipinski definition) is 4. The zero-order valence-electron chi connectivity index (χ0n) is 12.6. The fraction of sp³-hybridized carbons (Fsp3) is 0.500. The molecule has 0 bridgehead atoms. The number of nitrogens with zero attached hydrogens (tertiary/aromatic N) is 2. The summed E-state index contributed by atoms with van der Waals surface area (Å²) >= 11 is 0. The summed E-state index contributed by atoms with van der Waals surface area (Å²) in [6.45, 7) is 3.10. The van der Waals surface area contributed by atoms with E-state index in [1.807, 2.05) is 6.92 Å². The molecule has 1 aromatic heterocycles. The molecule has 1 aromatic carbocycles. The minimum absolute atomic E-state index is 0.361. The fourth-order valence-corrected chi connectivity index (χ4v) is 4.15. The van der Waals surface area contributed by atoms with Gasteiger partial charge in [-0.25, -0.2) is 4.79 Å². The van der Waals surface area contributed by atoms with E-state index in [0.29, 0.717) is 35.8 Å². The van der Waals surface area contributed by atoms with E-state index in [1.54, 1.807) is 19.2 Å². The number of aromatic nitrogens is 1. The molecule has 2 aromatic rings. The van der Waals surface area contributed by atoms with E-state index >= 15 is 0 Å². The standard InChI is InChI=1S/C14H19N3O4S/c1-10-4-3-7-17(9-10)22(19,20)15-11-5-6-12-13(8-11)21-14(18)16(12)2/h5-6,8,10,15H,3-4,7,9H2,1-2H3/t10-/m0/s1. The predicted octanol–water partition coefficient (Wildman–Crippen LogP) is 1.52. The molecule has 0 unspecified atom stereocenters. The van der Waals surface area contributed by atoms with Crippen LogP contribution in [0.3, 0.4) is 0 Å². The van der Waals surface area contributed by atoms with Crippen LogP contribution in [0.15, 0.2) is 27.4 Å². The van der Waals surface area contributed by atoms with Crippen molar-refractivity contribution in [2.24, 2.45) is 13.0 Å². The van der Waals surface area contributed by atoms with Crippen LogP contribution in [-0.4, -0.2) is 30.4 Å². The van der Waals surface area contributed by atoms with Gasteiger partial charge in [0, 0.05) is 26.2 Å². The van der Waals surface area contributed by atoms with E-state index in [9.17, 15) is 13.2 Å². The molecule has 1 N–H and O–H groups in total. The lowest BCUT2D eigenvalue weighted by atomic mass is 10.0. The minimum atomic E-state index is -3.58. The molecular formula is C14H19N3O4S. The van der Waals surface area contributed by atoms with Crippen LogP contribution in [-0.2, 0) is 17.3 Å². The van der Waals surface area contributed by atoms with Gasteiger partial charge >= 0.3 is 16.0 Å². The van der Waals surface area contributed by atoms with Gasteiger partial charge in [0.1, 0.15) is 0 Å². The number of rotatable bonds is 3. The topological polar surface area (TPSA) is 84.6 Å². The Hall–Kier alpha value is -1.80. The highest BCUT2D eigenvalue weighted by Gasteiger charge is 2.27. The minimum Gasteiger partial charge on any atom is -0.408 e. The van der Waals surface area contributed by atoms with Crippen molar-refractivity contribution >= 4 is 27.0 Å².